The van der Waals surface area contributed by atoms with E-state index in [-0.39, 0.29) is 11.8 Å². The summed E-state index contributed by atoms with van der Waals surface area (Å²) in [6.07, 6.45) is 0. The second kappa shape index (κ2) is 7.54. The molecule has 0 fully saturated rings. The number of nitrogens with zero attached hydrogens (tertiary/aromatic N) is 1. The van der Waals surface area contributed by atoms with Crippen molar-refractivity contribution < 1.29 is 54.1 Å². The summed E-state index contributed by atoms with van der Waals surface area (Å²) in [6.45, 7) is 0. The standard InChI is InChI=1S/C13H9F5NO7PS/c1-25-8-3-2-6(4-9(8)26-27(20,21)22)19(18)28(23,24)10-5-7(14)11(15)13(17)12(10)16/h2-5H,1H3,(H2,20,21,22). The molecule has 0 unspecified atom stereocenters. The zero-order chi connectivity index (χ0) is 21.4. The first-order valence-corrected chi connectivity index (χ1v) is 9.74. The second-order valence-electron chi connectivity index (χ2n) is 4.94. The molecule has 0 amide bonds. The van der Waals surface area contributed by atoms with Crippen molar-refractivity contribution in [2.75, 3.05) is 11.6 Å². The fraction of sp³-hybridized carbons (Fsp3) is 0.0769. The van der Waals surface area contributed by atoms with Crippen LogP contribution in [0.5, 0.6) is 11.5 Å². The Morgan fingerprint density at radius 1 is 1.00 bits per heavy atom. The minimum Gasteiger partial charge on any atom is -0.493 e. The summed E-state index contributed by atoms with van der Waals surface area (Å²) in [4.78, 5) is 15.8. The highest BCUT2D eigenvalue weighted by Crippen LogP contribution is 2.44. The van der Waals surface area contributed by atoms with Crippen molar-refractivity contribution in [2.24, 2.45) is 0 Å². The minimum absolute atomic E-state index is 0.272. The van der Waals surface area contributed by atoms with Gasteiger partial charge in [-0.2, -0.15) is 8.42 Å². The summed E-state index contributed by atoms with van der Waals surface area (Å²) in [5, 5.41) is 0. The summed E-state index contributed by atoms with van der Waals surface area (Å²) in [7, 11) is -9.74. The average molecular weight is 449 g/mol. The maximum absolute atomic E-state index is 14.4. The Morgan fingerprint density at radius 2 is 1.61 bits per heavy atom. The summed E-state index contributed by atoms with van der Waals surface area (Å²) < 4.78 is 111. The van der Waals surface area contributed by atoms with Gasteiger partial charge >= 0.3 is 7.82 Å². The number of sulfonamides is 1. The van der Waals surface area contributed by atoms with Gasteiger partial charge in [0.2, 0.25) is 0 Å². The van der Waals surface area contributed by atoms with Gasteiger partial charge in [0.15, 0.2) is 34.8 Å². The zero-order valence-electron chi connectivity index (χ0n) is 13.4. The number of halogens is 5. The number of phosphoric ester groups is 1. The first-order valence-electron chi connectivity index (χ1n) is 6.77. The number of ether oxygens (including phenoxy) is 1. The van der Waals surface area contributed by atoms with Crippen LogP contribution in [0.1, 0.15) is 0 Å². The molecule has 154 valence electrons. The largest absolute Gasteiger partial charge is 0.524 e. The maximum atomic E-state index is 14.4. The highest BCUT2D eigenvalue weighted by molar-refractivity contribution is 7.92. The molecular formula is C13H9F5NO7PS. The molecule has 15 heteroatoms. The van der Waals surface area contributed by atoms with Crippen LogP contribution >= 0.6 is 7.82 Å². The first-order chi connectivity index (χ1) is 12.8. The van der Waals surface area contributed by atoms with Crippen molar-refractivity contribution in [1.82, 2.24) is 0 Å². The fourth-order valence-electron chi connectivity index (χ4n) is 1.94. The van der Waals surface area contributed by atoms with E-state index in [0.717, 1.165) is 13.2 Å². The monoisotopic (exact) mass is 449 g/mol. The van der Waals surface area contributed by atoms with Gasteiger partial charge in [0.1, 0.15) is 4.90 Å². The van der Waals surface area contributed by atoms with E-state index in [9.17, 15) is 35.0 Å². The average Bonchev–Trinajstić information content (AvgIpc) is 2.60. The van der Waals surface area contributed by atoms with Crippen LogP contribution in [0, 0.1) is 23.3 Å². The molecule has 0 spiro atoms. The third-order valence-corrected chi connectivity index (χ3v) is 5.05. The third kappa shape index (κ3) is 4.19. The van der Waals surface area contributed by atoms with Crippen molar-refractivity contribution in [3.05, 3.63) is 47.5 Å². The Bertz CT molecular complexity index is 1080. The van der Waals surface area contributed by atoms with Crippen LogP contribution in [0.3, 0.4) is 0 Å². The van der Waals surface area contributed by atoms with Gasteiger partial charge in [0.25, 0.3) is 10.0 Å². The van der Waals surface area contributed by atoms with E-state index < -0.39 is 62.0 Å². The topological polar surface area (TPSA) is 113 Å². The van der Waals surface area contributed by atoms with Crippen LogP contribution in [-0.2, 0) is 14.6 Å². The minimum atomic E-state index is -5.61. The van der Waals surface area contributed by atoms with Crippen molar-refractivity contribution >= 4 is 23.5 Å². The predicted molar refractivity (Wildman–Crippen MR) is 82.7 cm³/mol. The maximum Gasteiger partial charge on any atom is 0.524 e. The Morgan fingerprint density at radius 3 is 2.14 bits per heavy atom. The lowest BCUT2D eigenvalue weighted by atomic mass is 10.3. The quantitative estimate of drug-likeness (QED) is 0.229. The molecule has 0 aliphatic rings. The van der Waals surface area contributed by atoms with Crippen LogP contribution in [0.15, 0.2) is 29.2 Å². The SMILES string of the molecule is COc1ccc(N(F)S(=O)(=O)c2cc(F)c(F)c(F)c2F)cc1OP(=O)(O)O. The summed E-state index contributed by atoms with van der Waals surface area (Å²) in [5.74, 6) is -10.4. The summed E-state index contributed by atoms with van der Waals surface area (Å²) in [6, 6.07) is 1.72. The molecule has 0 radical (unpaired) electrons. The molecule has 28 heavy (non-hydrogen) atoms. The predicted octanol–water partition coefficient (Wildman–Crippen LogP) is 2.80. The lowest BCUT2D eigenvalue weighted by Crippen LogP contribution is -2.24. The van der Waals surface area contributed by atoms with Crippen LogP contribution < -0.4 is 13.8 Å². The number of hydrogen-bond acceptors (Lipinski definition) is 5. The van der Waals surface area contributed by atoms with E-state index in [1.54, 1.807) is 0 Å². The molecule has 0 aliphatic carbocycles. The molecule has 8 nitrogen and oxygen atoms in total. The number of phosphoric acid groups is 1. The summed E-state index contributed by atoms with van der Waals surface area (Å²) in [5.41, 5.74) is -1.01. The molecular weight excluding hydrogens is 440 g/mol. The van der Waals surface area contributed by atoms with Gasteiger partial charge in [0.05, 0.1) is 12.8 Å². The van der Waals surface area contributed by atoms with Crippen LogP contribution in [-0.4, -0.2) is 25.3 Å². The molecule has 0 saturated heterocycles. The molecule has 2 aromatic carbocycles. The lowest BCUT2D eigenvalue weighted by molar-refractivity contribution is 0.276. The molecule has 0 heterocycles. The van der Waals surface area contributed by atoms with Gasteiger partial charge in [-0.15, -0.1) is 0 Å². The number of rotatable bonds is 6. The van der Waals surface area contributed by atoms with E-state index in [2.05, 4.69) is 4.52 Å². The van der Waals surface area contributed by atoms with Crippen LogP contribution in [0.25, 0.3) is 0 Å². The highest BCUT2D eigenvalue weighted by atomic mass is 32.2. The number of anilines is 1. The van der Waals surface area contributed by atoms with E-state index in [4.69, 9.17) is 14.5 Å². The van der Waals surface area contributed by atoms with Crippen molar-refractivity contribution in [1.29, 1.82) is 0 Å². The molecule has 0 aliphatic heterocycles. The summed E-state index contributed by atoms with van der Waals surface area (Å²) >= 11 is 0. The molecule has 0 bridgehead atoms. The Kier molecular flexibility index (Phi) is 5.90. The van der Waals surface area contributed by atoms with Crippen molar-refractivity contribution in [2.45, 2.75) is 4.90 Å². The second-order valence-corrected chi connectivity index (χ2v) is 7.81. The number of hydrogen-bond donors (Lipinski definition) is 2. The van der Waals surface area contributed by atoms with E-state index in [0.29, 0.717) is 12.1 Å². The van der Waals surface area contributed by atoms with Gasteiger partial charge < -0.3 is 9.26 Å². The number of benzene rings is 2. The van der Waals surface area contributed by atoms with Crippen molar-refractivity contribution in [3.63, 3.8) is 0 Å². The Balaban J connectivity index is 2.58. The van der Waals surface area contributed by atoms with Crippen LogP contribution in [0.4, 0.5) is 27.7 Å². The third-order valence-electron chi connectivity index (χ3n) is 3.13. The molecule has 2 rings (SSSR count). The molecule has 2 N–H and O–H groups in total. The molecule has 0 atom stereocenters. The zero-order valence-corrected chi connectivity index (χ0v) is 15.1. The molecule has 0 saturated carbocycles. The molecule has 0 aromatic heterocycles. The van der Waals surface area contributed by atoms with Crippen molar-refractivity contribution in [3.8, 4) is 11.5 Å². The van der Waals surface area contributed by atoms with Gasteiger partial charge in [-0.25, -0.2) is 22.1 Å². The van der Waals surface area contributed by atoms with E-state index in [1.807, 2.05) is 0 Å². The smallest absolute Gasteiger partial charge is 0.493 e. The Hall–Kier alpha value is -2.41. The number of methoxy groups -OCH3 is 1. The van der Waals surface area contributed by atoms with Gasteiger partial charge in [-0.1, -0.05) is 9.01 Å². The van der Waals surface area contributed by atoms with E-state index in [1.165, 1.54) is 0 Å². The van der Waals surface area contributed by atoms with Crippen LogP contribution in [0.2, 0.25) is 0 Å². The van der Waals surface area contributed by atoms with Gasteiger partial charge in [-0.05, 0) is 12.1 Å². The molecule has 2 aromatic rings. The lowest BCUT2D eigenvalue weighted by Gasteiger charge is -2.17. The first kappa shape index (κ1) is 21.9. The Labute approximate surface area is 154 Å². The highest BCUT2D eigenvalue weighted by Gasteiger charge is 2.34. The van der Waals surface area contributed by atoms with Gasteiger partial charge in [0, 0.05) is 12.1 Å². The normalized spacial score (nSPS) is 12.0. The fourth-order valence-corrected chi connectivity index (χ4v) is 3.47. The van der Waals surface area contributed by atoms with E-state index >= 15 is 0 Å². The van der Waals surface area contributed by atoms with Gasteiger partial charge in [-0.3, -0.25) is 9.79 Å².